The van der Waals surface area contributed by atoms with Gasteiger partial charge in [-0.05, 0) is 25.2 Å². The van der Waals surface area contributed by atoms with Gasteiger partial charge >= 0.3 is 0 Å². The van der Waals surface area contributed by atoms with E-state index in [1.54, 1.807) is 19.5 Å². The molecule has 0 radical (unpaired) electrons. The third-order valence-corrected chi connectivity index (χ3v) is 3.34. The normalized spacial score (nSPS) is 11.2. The van der Waals surface area contributed by atoms with E-state index >= 15 is 0 Å². The van der Waals surface area contributed by atoms with Crippen LogP contribution in [0.2, 0.25) is 0 Å². The summed E-state index contributed by atoms with van der Waals surface area (Å²) in [7, 11) is 3.81. The molecule has 0 saturated heterocycles. The van der Waals surface area contributed by atoms with Crippen molar-refractivity contribution in [3.8, 4) is 0 Å². The van der Waals surface area contributed by atoms with E-state index in [1.807, 2.05) is 18.2 Å². The summed E-state index contributed by atoms with van der Waals surface area (Å²) >= 11 is 0. The topological polar surface area (TPSA) is 63.4 Å². The summed E-state index contributed by atoms with van der Waals surface area (Å²) in [5.41, 5.74) is 7.82. The molecule has 2 rings (SSSR count). The number of nitrogens with two attached hydrogens (primary N) is 1. The Morgan fingerprint density at radius 2 is 2.10 bits per heavy atom. The van der Waals surface area contributed by atoms with Gasteiger partial charge in [0.25, 0.3) is 0 Å². The van der Waals surface area contributed by atoms with Crippen LogP contribution in [0, 0.1) is 0 Å². The third kappa shape index (κ3) is 3.59. The summed E-state index contributed by atoms with van der Waals surface area (Å²) in [6.45, 7) is 3.53. The van der Waals surface area contributed by atoms with Crippen molar-refractivity contribution < 1.29 is 4.74 Å². The number of nitrogen functional groups attached to an aromatic ring is 1. The number of methoxy groups -OCH3 is 1. The van der Waals surface area contributed by atoms with Crippen LogP contribution in [-0.4, -0.2) is 50.3 Å². The minimum absolute atomic E-state index is 0.757. The summed E-state index contributed by atoms with van der Waals surface area (Å²) in [6.07, 6.45) is 3.60. The lowest BCUT2D eigenvalue weighted by atomic mass is 10.1. The molecule has 0 aliphatic heterocycles. The first-order chi connectivity index (χ1) is 9.72. The van der Waals surface area contributed by atoms with Crippen molar-refractivity contribution in [3.63, 3.8) is 0 Å². The van der Waals surface area contributed by atoms with E-state index in [2.05, 4.69) is 22.2 Å². The summed E-state index contributed by atoms with van der Waals surface area (Å²) in [6, 6.07) is 5.93. The molecule has 0 spiro atoms. The lowest BCUT2D eigenvalue weighted by molar-refractivity contribution is 0.163. The Hall–Kier alpha value is -1.85. The van der Waals surface area contributed by atoms with Gasteiger partial charge in [0, 0.05) is 61.3 Å². The Morgan fingerprint density at radius 3 is 2.90 bits per heavy atom. The summed E-state index contributed by atoms with van der Waals surface area (Å²) in [5, 5.41) is 5.56. The molecule has 0 unspecified atom stereocenters. The van der Waals surface area contributed by atoms with Gasteiger partial charge in [-0.2, -0.15) is 0 Å². The van der Waals surface area contributed by atoms with Crippen LogP contribution in [0.15, 0.2) is 30.6 Å². The maximum atomic E-state index is 5.97. The minimum Gasteiger partial charge on any atom is -0.398 e. The highest BCUT2D eigenvalue weighted by molar-refractivity contribution is 6.00. The fourth-order valence-corrected chi connectivity index (χ4v) is 2.11. The van der Waals surface area contributed by atoms with E-state index in [9.17, 15) is 0 Å². The summed E-state index contributed by atoms with van der Waals surface area (Å²) < 4.78 is 5.07. The van der Waals surface area contributed by atoms with Crippen LogP contribution < -0.4 is 11.1 Å². The number of ether oxygens (including phenoxy) is 1. The van der Waals surface area contributed by atoms with Crippen molar-refractivity contribution in [2.45, 2.75) is 0 Å². The summed E-state index contributed by atoms with van der Waals surface area (Å²) in [5.74, 6) is 0. The maximum absolute atomic E-state index is 5.97. The van der Waals surface area contributed by atoms with Crippen LogP contribution in [0.4, 0.5) is 11.4 Å². The molecule has 0 saturated carbocycles. The van der Waals surface area contributed by atoms with Crippen molar-refractivity contribution in [2.24, 2.45) is 0 Å². The number of rotatable bonds is 7. The molecule has 2 aromatic rings. The second kappa shape index (κ2) is 7.07. The third-order valence-electron chi connectivity index (χ3n) is 3.34. The lowest BCUT2D eigenvalue weighted by Crippen LogP contribution is -2.28. The van der Waals surface area contributed by atoms with Crippen molar-refractivity contribution in [2.75, 3.05) is 51.4 Å². The number of likely N-dealkylation sites (N-methyl/N-ethyl adjacent to an activating group) is 1. The van der Waals surface area contributed by atoms with Crippen molar-refractivity contribution in [3.05, 3.63) is 30.6 Å². The van der Waals surface area contributed by atoms with E-state index in [1.165, 1.54) is 0 Å². The van der Waals surface area contributed by atoms with Crippen LogP contribution in [0.25, 0.3) is 10.8 Å². The average molecular weight is 274 g/mol. The van der Waals surface area contributed by atoms with Gasteiger partial charge in [0.05, 0.1) is 6.61 Å². The highest BCUT2D eigenvalue weighted by Crippen LogP contribution is 2.27. The molecule has 5 heteroatoms. The van der Waals surface area contributed by atoms with Crippen LogP contribution in [-0.2, 0) is 4.74 Å². The molecule has 5 nitrogen and oxygen atoms in total. The smallest absolute Gasteiger partial charge is 0.0589 e. The Bertz CT molecular complexity index is 559. The molecule has 0 atom stereocenters. The molecule has 0 fully saturated rings. The average Bonchev–Trinajstić information content (AvgIpc) is 2.48. The van der Waals surface area contributed by atoms with Crippen molar-refractivity contribution in [1.29, 1.82) is 0 Å². The summed E-state index contributed by atoms with van der Waals surface area (Å²) in [4.78, 5) is 6.36. The van der Waals surface area contributed by atoms with E-state index < -0.39 is 0 Å². The Labute approximate surface area is 119 Å². The van der Waals surface area contributed by atoms with Crippen molar-refractivity contribution in [1.82, 2.24) is 9.88 Å². The second-order valence-corrected chi connectivity index (χ2v) is 4.85. The fourth-order valence-electron chi connectivity index (χ4n) is 2.11. The first-order valence-electron chi connectivity index (χ1n) is 6.76. The number of nitrogens with zero attached hydrogens (tertiary/aromatic N) is 2. The minimum atomic E-state index is 0.757. The number of hydrogen-bond donors (Lipinski definition) is 2. The van der Waals surface area contributed by atoms with Gasteiger partial charge in [0.2, 0.25) is 0 Å². The number of benzene rings is 1. The van der Waals surface area contributed by atoms with E-state index in [4.69, 9.17) is 10.5 Å². The highest BCUT2D eigenvalue weighted by atomic mass is 16.5. The maximum Gasteiger partial charge on any atom is 0.0589 e. The molecule has 0 amide bonds. The molecule has 1 heterocycles. The van der Waals surface area contributed by atoms with Gasteiger partial charge < -0.3 is 20.7 Å². The highest BCUT2D eigenvalue weighted by Gasteiger charge is 2.04. The predicted molar refractivity (Wildman–Crippen MR) is 84.0 cm³/mol. The van der Waals surface area contributed by atoms with Crippen LogP contribution in [0.3, 0.4) is 0 Å². The second-order valence-electron chi connectivity index (χ2n) is 4.85. The quantitative estimate of drug-likeness (QED) is 0.754. The molecule has 0 aliphatic rings. The number of fused-ring (bicyclic) bond motifs is 1. The molecule has 3 N–H and O–H groups in total. The van der Waals surface area contributed by atoms with Gasteiger partial charge in [-0.25, -0.2) is 0 Å². The SMILES string of the molecule is COCCN(C)CCNc1ccc(N)c2cnccc12. The number of pyridine rings is 1. The zero-order chi connectivity index (χ0) is 14.4. The molecule has 1 aromatic carbocycles. The fraction of sp³-hybridized carbons (Fsp3) is 0.400. The molecule has 1 aromatic heterocycles. The van der Waals surface area contributed by atoms with E-state index in [0.29, 0.717) is 0 Å². The zero-order valence-electron chi connectivity index (χ0n) is 12.1. The van der Waals surface area contributed by atoms with Gasteiger partial charge in [0.15, 0.2) is 0 Å². The molecular weight excluding hydrogens is 252 g/mol. The molecule has 108 valence electrons. The Morgan fingerprint density at radius 1 is 1.25 bits per heavy atom. The number of nitrogens with one attached hydrogen (secondary N) is 1. The van der Waals surface area contributed by atoms with Gasteiger partial charge in [0.1, 0.15) is 0 Å². The molecular formula is C15H22N4O. The first-order valence-corrected chi connectivity index (χ1v) is 6.76. The lowest BCUT2D eigenvalue weighted by Gasteiger charge is -2.17. The van der Waals surface area contributed by atoms with Crippen molar-refractivity contribution >= 4 is 22.1 Å². The Balaban J connectivity index is 1.98. The van der Waals surface area contributed by atoms with Crippen LogP contribution in [0.5, 0.6) is 0 Å². The largest absolute Gasteiger partial charge is 0.398 e. The molecule has 0 bridgehead atoms. The molecule has 0 aliphatic carbocycles. The number of anilines is 2. The van der Waals surface area contributed by atoms with Gasteiger partial charge in [-0.1, -0.05) is 0 Å². The number of hydrogen-bond acceptors (Lipinski definition) is 5. The predicted octanol–water partition coefficient (Wildman–Crippen LogP) is 1.81. The number of aromatic nitrogens is 1. The monoisotopic (exact) mass is 274 g/mol. The standard InChI is InChI=1S/C15H22N4O/c1-19(9-10-20-2)8-7-18-15-4-3-14(16)13-11-17-6-5-12(13)15/h3-6,11,18H,7-10,16H2,1-2H3. The Kier molecular flexibility index (Phi) is 5.15. The van der Waals surface area contributed by atoms with Gasteiger partial charge in [-0.15, -0.1) is 0 Å². The van der Waals surface area contributed by atoms with Crippen LogP contribution >= 0.6 is 0 Å². The van der Waals surface area contributed by atoms with Crippen LogP contribution in [0.1, 0.15) is 0 Å². The zero-order valence-corrected chi connectivity index (χ0v) is 12.1. The first kappa shape index (κ1) is 14.6. The van der Waals surface area contributed by atoms with E-state index in [0.717, 1.165) is 48.4 Å². The van der Waals surface area contributed by atoms with Gasteiger partial charge in [-0.3, -0.25) is 4.98 Å². The van der Waals surface area contributed by atoms with E-state index in [-0.39, 0.29) is 0 Å². The molecule has 20 heavy (non-hydrogen) atoms.